The molecule has 0 saturated carbocycles. The number of halogens is 1. The number of ether oxygens (including phenoxy) is 2. The molecule has 2 heterocycles. The summed E-state index contributed by atoms with van der Waals surface area (Å²) in [6.07, 6.45) is 0. The molecule has 0 radical (unpaired) electrons. The Morgan fingerprint density at radius 3 is 2.70 bits per heavy atom. The normalized spacial score (nSPS) is 13.0. The molecule has 0 spiro atoms. The Bertz CT molecular complexity index is 674. The molecule has 2 N–H and O–H groups in total. The van der Waals surface area contributed by atoms with Crippen molar-refractivity contribution >= 4 is 21.7 Å². The molecule has 0 amide bonds. The van der Waals surface area contributed by atoms with Crippen LogP contribution in [-0.4, -0.2) is 16.8 Å². The number of hydrogen-bond acceptors (Lipinski definition) is 5. The van der Waals surface area contributed by atoms with Gasteiger partial charge in [0.25, 0.3) is 0 Å². The van der Waals surface area contributed by atoms with E-state index in [0.717, 1.165) is 21.5 Å². The van der Waals surface area contributed by atoms with E-state index in [1.807, 2.05) is 18.2 Å². The van der Waals surface area contributed by atoms with Gasteiger partial charge in [-0.15, -0.1) is 0 Å². The molecule has 1 aliphatic heterocycles. The highest BCUT2D eigenvalue weighted by Gasteiger charge is 2.17. The summed E-state index contributed by atoms with van der Waals surface area (Å²) in [4.78, 5) is 8.93. The molecule has 1 aromatic carbocycles. The van der Waals surface area contributed by atoms with Crippen molar-refractivity contribution in [3.05, 3.63) is 28.4 Å². The zero-order valence-corrected chi connectivity index (χ0v) is 12.8. The molecule has 1 aromatic heterocycles. The van der Waals surface area contributed by atoms with Gasteiger partial charge in [-0.2, -0.15) is 0 Å². The first-order valence-corrected chi connectivity index (χ1v) is 7.08. The lowest BCUT2D eigenvalue weighted by Gasteiger charge is -2.11. The van der Waals surface area contributed by atoms with E-state index in [2.05, 4.69) is 39.7 Å². The number of fused-ring (bicyclic) bond motifs is 1. The number of anilines is 1. The minimum absolute atomic E-state index is 0.249. The van der Waals surface area contributed by atoms with Crippen molar-refractivity contribution in [1.82, 2.24) is 9.97 Å². The number of rotatable bonds is 2. The molecule has 0 bridgehead atoms. The molecule has 0 saturated heterocycles. The smallest absolute Gasteiger partial charge is 0.231 e. The van der Waals surface area contributed by atoms with Gasteiger partial charge in [-0.25, -0.2) is 9.97 Å². The second-order valence-corrected chi connectivity index (χ2v) is 5.65. The zero-order valence-electron chi connectivity index (χ0n) is 11.2. The third-order valence-electron chi connectivity index (χ3n) is 3.08. The summed E-state index contributed by atoms with van der Waals surface area (Å²) in [5.41, 5.74) is 7.71. The van der Waals surface area contributed by atoms with Crippen LogP contribution in [0.5, 0.6) is 11.5 Å². The van der Waals surface area contributed by atoms with E-state index in [1.165, 1.54) is 0 Å². The minimum atomic E-state index is 0.249. The summed E-state index contributed by atoms with van der Waals surface area (Å²) in [6, 6.07) is 5.63. The maximum Gasteiger partial charge on any atom is 0.231 e. The van der Waals surface area contributed by atoms with Crippen LogP contribution in [0.15, 0.2) is 22.7 Å². The van der Waals surface area contributed by atoms with Crippen molar-refractivity contribution in [3.63, 3.8) is 0 Å². The third-order valence-corrected chi connectivity index (χ3v) is 3.89. The Labute approximate surface area is 125 Å². The number of nitrogens with two attached hydrogens (primary N) is 1. The molecular weight excluding hydrogens is 322 g/mol. The number of aromatic nitrogens is 2. The summed E-state index contributed by atoms with van der Waals surface area (Å²) in [6.45, 7) is 4.38. The molecule has 0 aliphatic carbocycles. The molecule has 1 aliphatic rings. The van der Waals surface area contributed by atoms with Crippen LogP contribution in [0.3, 0.4) is 0 Å². The van der Waals surface area contributed by atoms with Gasteiger partial charge >= 0.3 is 0 Å². The van der Waals surface area contributed by atoms with Gasteiger partial charge in [0, 0.05) is 5.56 Å². The van der Waals surface area contributed by atoms with Gasteiger partial charge in [0.2, 0.25) is 6.79 Å². The van der Waals surface area contributed by atoms with Crippen molar-refractivity contribution < 1.29 is 9.47 Å². The van der Waals surface area contributed by atoms with Gasteiger partial charge in [0.05, 0.1) is 10.2 Å². The zero-order chi connectivity index (χ0) is 14.3. The van der Waals surface area contributed by atoms with Crippen molar-refractivity contribution in [2.45, 2.75) is 19.8 Å². The van der Waals surface area contributed by atoms with E-state index in [9.17, 15) is 0 Å². The van der Waals surface area contributed by atoms with Crippen LogP contribution in [0.2, 0.25) is 0 Å². The molecule has 2 aromatic rings. The standard InChI is InChI=1S/C14H14BrN3O2/c1-7(2)12-11(15)13(16)18-14(17-12)8-3-4-9-10(5-8)20-6-19-9/h3-5,7H,6H2,1-2H3,(H2,16,17,18). The van der Waals surface area contributed by atoms with Gasteiger partial charge in [-0.05, 0) is 40.0 Å². The van der Waals surface area contributed by atoms with Gasteiger partial charge in [0.1, 0.15) is 5.82 Å². The van der Waals surface area contributed by atoms with Gasteiger partial charge in [0.15, 0.2) is 17.3 Å². The van der Waals surface area contributed by atoms with Gasteiger partial charge in [-0.1, -0.05) is 13.8 Å². The lowest BCUT2D eigenvalue weighted by Crippen LogP contribution is -2.04. The van der Waals surface area contributed by atoms with E-state index in [4.69, 9.17) is 15.2 Å². The second kappa shape index (κ2) is 4.94. The maximum atomic E-state index is 5.96. The van der Waals surface area contributed by atoms with E-state index >= 15 is 0 Å². The fourth-order valence-electron chi connectivity index (χ4n) is 2.03. The summed E-state index contributed by atoms with van der Waals surface area (Å²) in [5, 5.41) is 0. The number of nitrogen functional groups attached to an aromatic ring is 1. The first kappa shape index (κ1) is 13.2. The molecular formula is C14H14BrN3O2. The SMILES string of the molecule is CC(C)c1nc(-c2ccc3c(c2)OCO3)nc(N)c1Br. The van der Waals surface area contributed by atoms with Crippen LogP contribution < -0.4 is 15.2 Å². The molecule has 3 rings (SSSR count). The van der Waals surface area contributed by atoms with Crippen molar-refractivity contribution in [2.24, 2.45) is 0 Å². The molecule has 5 nitrogen and oxygen atoms in total. The Morgan fingerprint density at radius 2 is 1.95 bits per heavy atom. The third kappa shape index (κ3) is 2.20. The average molecular weight is 336 g/mol. The van der Waals surface area contributed by atoms with Crippen LogP contribution >= 0.6 is 15.9 Å². The number of benzene rings is 1. The number of nitrogens with zero attached hydrogens (tertiary/aromatic N) is 2. The summed E-state index contributed by atoms with van der Waals surface area (Å²) in [7, 11) is 0. The molecule has 20 heavy (non-hydrogen) atoms. The number of hydrogen-bond donors (Lipinski definition) is 1. The van der Waals surface area contributed by atoms with E-state index in [1.54, 1.807) is 0 Å². The highest BCUT2D eigenvalue weighted by Crippen LogP contribution is 2.36. The molecule has 0 atom stereocenters. The second-order valence-electron chi connectivity index (χ2n) is 4.85. The van der Waals surface area contributed by atoms with Gasteiger partial charge in [-0.3, -0.25) is 0 Å². The first-order valence-electron chi connectivity index (χ1n) is 6.29. The predicted molar refractivity (Wildman–Crippen MR) is 79.8 cm³/mol. The van der Waals surface area contributed by atoms with E-state index < -0.39 is 0 Å². The van der Waals surface area contributed by atoms with Crippen LogP contribution in [-0.2, 0) is 0 Å². The molecule has 6 heteroatoms. The minimum Gasteiger partial charge on any atom is -0.454 e. The van der Waals surface area contributed by atoms with Crippen molar-refractivity contribution in [1.29, 1.82) is 0 Å². The monoisotopic (exact) mass is 335 g/mol. The summed E-state index contributed by atoms with van der Waals surface area (Å²) in [5.74, 6) is 2.73. The highest BCUT2D eigenvalue weighted by molar-refractivity contribution is 9.10. The average Bonchev–Trinajstić information content (AvgIpc) is 2.88. The topological polar surface area (TPSA) is 70.3 Å². The molecule has 0 unspecified atom stereocenters. The lowest BCUT2D eigenvalue weighted by molar-refractivity contribution is 0.174. The Morgan fingerprint density at radius 1 is 1.20 bits per heavy atom. The fraction of sp³-hybridized carbons (Fsp3) is 0.286. The maximum absolute atomic E-state index is 5.96. The predicted octanol–water partition coefficient (Wildman–Crippen LogP) is 3.34. The van der Waals surface area contributed by atoms with Crippen LogP contribution in [0.4, 0.5) is 5.82 Å². The van der Waals surface area contributed by atoms with Crippen molar-refractivity contribution in [2.75, 3.05) is 12.5 Å². The van der Waals surface area contributed by atoms with Crippen molar-refractivity contribution in [3.8, 4) is 22.9 Å². The van der Waals surface area contributed by atoms with Gasteiger partial charge < -0.3 is 15.2 Å². The summed E-state index contributed by atoms with van der Waals surface area (Å²) >= 11 is 3.44. The van der Waals surface area contributed by atoms with Crippen LogP contribution in [0.25, 0.3) is 11.4 Å². The lowest BCUT2D eigenvalue weighted by atomic mass is 10.1. The Kier molecular flexibility index (Phi) is 3.25. The van der Waals surface area contributed by atoms with E-state index in [-0.39, 0.29) is 12.7 Å². The molecule has 104 valence electrons. The largest absolute Gasteiger partial charge is 0.454 e. The quantitative estimate of drug-likeness (QED) is 0.911. The highest BCUT2D eigenvalue weighted by atomic mass is 79.9. The Hall–Kier alpha value is -1.82. The van der Waals surface area contributed by atoms with Crippen LogP contribution in [0.1, 0.15) is 25.5 Å². The van der Waals surface area contributed by atoms with Crippen LogP contribution in [0, 0.1) is 0 Å². The Balaban J connectivity index is 2.10. The first-order chi connectivity index (χ1) is 9.56. The fourth-order valence-corrected chi connectivity index (χ4v) is 2.66. The van der Waals surface area contributed by atoms with E-state index in [0.29, 0.717) is 17.4 Å². The molecule has 0 fully saturated rings. The summed E-state index contributed by atoms with van der Waals surface area (Å²) < 4.78 is 11.4.